The largest absolute Gasteiger partial charge is 0.342 e. The van der Waals surface area contributed by atoms with Crippen LogP contribution in [0.3, 0.4) is 0 Å². The lowest BCUT2D eigenvalue weighted by Crippen LogP contribution is -2.36. The highest BCUT2D eigenvalue weighted by atomic mass is 16.1. The SMILES string of the molecule is Cc1cc(=O)n(CCC(C)C)c(N2CCCCC2)n1. The summed E-state index contributed by atoms with van der Waals surface area (Å²) in [6.07, 6.45) is 4.71. The zero-order valence-corrected chi connectivity index (χ0v) is 12.4. The van der Waals surface area contributed by atoms with Crippen LogP contribution < -0.4 is 10.5 Å². The van der Waals surface area contributed by atoms with Gasteiger partial charge in [0.2, 0.25) is 5.95 Å². The highest BCUT2D eigenvalue weighted by Crippen LogP contribution is 2.17. The predicted molar refractivity (Wildman–Crippen MR) is 78.8 cm³/mol. The second-order valence-electron chi connectivity index (χ2n) is 5.92. The number of nitrogens with zero attached hydrogens (tertiary/aromatic N) is 3. The Kier molecular flexibility index (Phi) is 4.61. The molecule has 0 aliphatic carbocycles. The van der Waals surface area contributed by atoms with E-state index in [4.69, 9.17) is 0 Å². The molecule has 0 unspecified atom stereocenters. The lowest BCUT2D eigenvalue weighted by Gasteiger charge is -2.30. The van der Waals surface area contributed by atoms with E-state index >= 15 is 0 Å². The summed E-state index contributed by atoms with van der Waals surface area (Å²) in [4.78, 5) is 19.1. The van der Waals surface area contributed by atoms with E-state index in [-0.39, 0.29) is 5.56 Å². The number of hydrogen-bond acceptors (Lipinski definition) is 3. The molecule has 0 N–H and O–H groups in total. The Balaban J connectivity index is 2.30. The zero-order valence-electron chi connectivity index (χ0n) is 12.4. The molecular weight excluding hydrogens is 238 g/mol. The van der Waals surface area contributed by atoms with Crippen LogP contribution in [0.2, 0.25) is 0 Å². The lowest BCUT2D eigenvalue weighted by atomic mass is 10.1. The summed E-state index contributed by atoms with van der Waals surface area (Å²) in [5, 5.41) is 0. The van der Waals surface area contributed by atoms with E-state index in [0.29, 0.717) is 5.92 Å². The van der Waals surface area contributed by atoms with Gasteiger partial charge in [0.05, 0.1) is 0 Å². The molecule has 106 valence electrons. The topological polar surface area (TPSA) is 38.1 Å². The molecule has 0 aromatic carbocycles. The lowest BCUT2D eigenvalue weighted by molar-refractivity contribution is 0.488. The third-order valence-electron chi connectivity index (χ3n) is 3.69. The van der Waals surface area contributed by atoms with E-state index in [1.165, 1.54) is 19.3 Å². The Labute approximate surface area is 115 Å². The van der Waals surface area contributed by atoms with Crippen molar-refractivity contribution in [3.8, 4) is 0 Å². The molecule has 4 nitrogen and oxygen atoms in total. The molecule has 0 atom stereocenters. The summed E-state index contributed by atoms with van der Waals surface area (Å²) in [5.41, 5.74) is 0.917. The highest BCUT2D eigenvalue weighted by Gasteiger charge is 2.17. The first-order chi connectivity index (χ1) is 9.08. The Morgan fingerprint density at radius 3 is 2.58 bits per heavy atom. The summed E-state index contributed by atoms with van der Waals surface area (Å²) in [7, 11) is 0. The van der Waals surface area contributed by atoms with Crippen LogP contribution in [-0.4, -0.2) is 22.6 Å². The van der Waals surface area contributed by atoms with Crippen LogP contribution in [0, 0.1) is 12.8 Å². The predicted octanol–water partition coefficient (Wildman–Crippen LogP) is 2.59. The van der Waals surface area contributed by atoms with Crippen LogP contribution in [0.1, 0.15) is 45.2 Å². The Bertz CT molecular complexity index is 473. The normalized spacial score (nSPS) is 16.1. The maximum atomic E-state index is 12.2. The monoisotopic (exact) mass is 263 g/mol. The van der Waals surface area contributed by atoms with Crippen molar-refractivity contribution in [2.24, 2.45) is 5.92 Å². The molecule has 0 amide bonds. The van der Waals surface area contributed by atoms with Crippen molar-refractivity contribution in [2.45, 2.75) is 53.0 Å². The van der Waals surface area contributed by atoms with Gasteiger partial charge in [-0.1, -0.05) is 13.8 Å². The van der Waals surface area contributed by atoms with E-state index in [1.807, 2.05) is 11.5 Å². The van der Waals surface area contributed by atoms with E-state index in [0.717, 1.165) is 37.7 Å². The minimum atomic E-state index is 0.0914. The molecule has 0 spiro atoms. The van der Waals surface area contributed by atoms with Crippen molar-refractivity contribution in [1.29, 1.82) is 0 Å². The summed E-state index contributed by atoms with van der Waals surface area (Å²) in [5.74, 6) is 1.48. The van der Waals surface area contributed by atoms with Gasteiger partial charge in [-0.15, -0.1) is 0 Å². The fraction of sp³-hybridized carbons (Fsp3) is 0.733. The number of rotatable bonds is 4. The van der Waals surface area contributed by atoms with E-state index in [9.17, 15) is 4.79 Å². The van der Waals surface area contributed by atoms with Gasteiger partial charge in [0.1, 0.15) is 0 Å². The average Bonchev–Trinajstić information content (AvgIpc) is 2.37. The molecular formula is C15H25N3O. The fourth-order valence-electron chi connectivity index (χ4n) is 2.54. The van der Waals surface area contributed by atoms with Gasteiger partial charge in [0.15, 0.2) is 0 Å². The van der Waals surface area contributed by atoms with Crippen LogP contribution in [0.25, 0.3) is 0 Å². The number of piperidine rings is 1. The van der Waals surface area contributed by atoms with Crippen molar-refractivity contribution in [3.63, 3.8) is 0 Å². The summed E-state index contributed by atoms with van der Waals surface area (Å²) in [6.45, 7) is 9.10. The van der Waals surface area contributed by atoms with Gasteiger partial charge in [0.25, 0.3) is 5.56 Å². The number of aryl methyl sites for hydroxylation is 1. The van der Waals surface area contributed by atoms with Gasteiger partial charge in [-0.2, -0.15) is 0 Å². The molecule has 0 bridgehead atoms. The molecule has 1 fully saturated rings. The molecule has 1 aromatic rings. The minimum Gasteiger partial charge on any atom is -0.342 e. The third-order valence-corrected chi connectivity index (χ3v) is 3.69. The van der Waals surface area contributed by atoms with Crippen LogP contribution in [0.15, 0.2) is 10.9 Å². The maximum absolute atomic E-state index is 12.2. The molecule has 1 aromatic heterocycles. The van der Waals surface area contributed by atoms with E-state index < -0.39 is 0 Å². The molecule has 1 aliphatic heterocycles. The van der Waals surface area contributed by atoms with Gasteiger partial charge in [-0.3, -0.25) is 9.36 Å². The smallest absolute Gasteiger partial charge is 0.255 e. The van der Waals surface area contributed by atoms with Gasteiger partial charge >= 0.3 is 0 Å². The second kappa shape index (κ2) is 6.22. The van der Waals surface area contributed by atoms with Crippen molar-refractivity contribution in [3.05, 3.63) is 22.1 Å². The molecule has 1 aliphatic rings. The van der Waals surface area contributed by atoms with Gasteiger partial charge in [0, 0.05) is 31.4 Å². The fourth-order valence-corrected chi connectivity index (χ4v) is 2.54. The number of anilines is 1. The summed E-state index contributed by atoms with van der Waals surface area (Å²) >= 11 is 0. The van der Waals surface area contributed by atoms with E-state index in [2.05, 4.69) is 23.7 Å². The first-order valence-corrected chi connectivity index (χ1v) is 7.41. The highest BCUT2D eigenvalue weighted by molar-refractivity contribution is 5.32. The second-order valence-corrected chi connectivity index (χ2v) is 5.92. The van der Waals surface area contributed by atoms with Crippen LogP contribution >= 0.6 is 0 Å². The van der Waals surface area contributed by atoms with Crippen LogP contribution in [-0.2, 0) is 6.54 Å². The van der Waals surface area contributed by atoms with Gasteiger partial charge < -0.3 is 4.90 Å². The molecule has 1 saturated heterocycles. The van der Waals surface area contributed by atoms with Crippen molar-refractivity contribution < 1.29 is 0 Å². The van der Waals surface area contributed by atoms with E-state index in [1.54, 1.807) is 6.07 Å². The van der Waals surface area contributed by atoms with Crippen LogP contribution in [0.4, 0.5) is 5.95 Å². The number of hydrogen-bond donors (Lipinski definition) is 0. The Morgan fingerprint density at radius 1 is 1.26 bits per heavy atom. The average molecular weight is 263 g/mol. The Morgan fingerprint density at radius 2 is 1.95 bits per heavy atom. The van der Waals surface area contributed by atoms with Crippen molar-refractivity contribution >= 4 is 5.95 Å². The quantitative estimate of drug-likeness (QED) is 0.838. The molecule has 2 heterocycles. The van der Waals surface area contributed by atoms with Gasteiger partial charge in [-0.05, 0) is 38.5 Å². The molecule has 2 rings (SSSR count). The van der Waals surface area contributed by atoms with Crippen LogP contribution in [0.5, 0.6) is 0 Å². The molecule has 19 heavy (non-hydrogen) atoms. The van der Waals surface area contributed by atoms with Crippen molar-refractivity contribution in [2.75, 3.05) is 18.0 Å². The number of aromatic nitrogens is 2. The standard InChI is InChI=1S/C15H25N3O/c1-12(2)7-10-18-14(19)11-13(3)16-15(18)17-8-5-4-6-9-17/h11-12H,4-10H2,1-3H3. The minimum absolute atomic E-state index is 0.0914. The zero-order chi connectivity index (χ0) is 13.8. The molecule has 0 saturated carbocycles. The molecule has 0 radical (unpaired) electrons. The molecule has 4 heteroatoms. The Hall–Kier alpha value is -1.32. The summed E-state index contributed by atoms with van der Waals surface area (Å²) < 4.78 is 1.86. The first kappa shape index (κ1) is 14.1. The first-order valence-electron chi connectivity index (χ1n) is 7.41. The van der Waals surface area contributed by atoms with Gasteiger partial charge in [-0.25, -0.2) is 4.98 Å². The maximum Gasteiger partial charge on any atom is 0.255 e. The third kappa shape index (κ3) is 3.58. The van der Waals surface area contributed by atoms with Crippen molar-refractivity contribution in [1.82, 2.24) is 9.55 Å². The summed E-state index contributed by atoms with van der Waals surface area (Å²) in [6, 6.07) is 1.65.